The molecule has 3 heterocycles. The number of nitrogens with zero attached hydrogens (tertiary/aromatic N) is 4. The van der Waals surface area contributed by atoms with Crippen LogP contribution >= 0.6 is 22.9 Å². The van der Waals surface area contributed by atoms with Crippen molar-refractivity contribution >= 4 is 55.4 Å². The van der Waals surface area contributed by atoms with Crippen LogP contribution < -0.4 is 14.1 Å². The molecule has 3 aromatic rings. The number of thiazole rings is 1. The molecule has 35 heavy (non-hydrogen) atoms. The molecular formula is C24H22ClFN4O3S2. The van der Waals surface area contributed by atoms with Crippen molar-refractivity contribution in [1.29, 1.82) is 0 Å². The van der Waals surface area contributed by atoms with Crippen molar-refractivity contribution in [2.75, 3.05) is 33.7 Å². The lowest BCUT2D eigenvalue weighted by Gasteiger charge is -2.26. The van der Waals surface area contributed by atoms with Gasteiger partial charge < -0.3 is 9.80 Å². The predicted octanol–water partition coefficient (Wildman–Crippen LogP) is 4.48. The summed E-state index contributed by atoms with van der Waals surface area (Å²) in [5, 5.41) is 2.19. The van der Waals surface area contributed by atoms with Crippen molar-refractivity contribution in [2.45, 2.75) is 23.8 Å². The molecule has 2 aliphatic rings. The van der Waals surface area contributed by atoms with Crippen LogP contribution in [-0.4, -0.2) is 45.0 Å². The normalized spacial score (nSPS) is 17.7. The van der Waals surface area contributed by atoms with Gasteiger partial charge in [-0.2, -0.15) is 0 Å². The molecule has 1 saturated heterocycles. The Morgan fingerprint density at radius 2 is 2.00 bits per heavy atom. The highest BCUT2D eigenvalue weighted by atomic mass is 35.5. The maximum Gasteiger partial charge on any atom is 0.266 e. The summed E-state index contributed by atoms with van der Waals surface area (Å²) in [6.45, 7) is 4.84. The fourth-order valence-corrected chi connectivity index (χ4v) is 7.16. The zero-order valence-electron chi connectivity index (χ0n) is 18.6. The third kappa shape index (κ3) is 4.09. The minimum atomic E-state index is -3.85. The van der Waals surface area contributed by atoms with Crippen LogP contribution in [0.2, 0.25) is 5.02 Å². The lowest BCUT2D eigenvalue weighted by atomic mass is 10.1. The number of hydrogen-bond donors (Lipinski definition) is 0. The molecule has 0 bridgehead atoms. The van der Waals surface area contributed by atoms with Gasteiger partial charge in [0, 0.05) is 36.0 Å². The first-order valence-electron chi connectivity index (χ1n) is 11.0. The van der Waals surface area contributed by atoms with E-state index >= 15 is 0 Å². The Balaban J connectivity index is 1.36. The number of sulfonamides is 1. The summed E-state index contributed by atoms with van der Waals surface area (Å²) >= 11 is 7.37. The van der Waals surface area contributed by atoms with E-state index in [9.17, 15) is 17.6 Å². The molecule has 1 unspecified atom stereocenters. The number of carbonyl (C=O) groups excluding carboxylic acids is 1. The van der Waals surface area contributed by atoms with Crippen LogP contribution in [-0.2, 0) is 21.2 Å². The maximum atomic E-state index is 13.8. The Morgan fingerprint density at radius 3 is 2.69 bits per heavy atom. The molecule has 0 radical (unpaired) electrons. The van der Waals surface area contributed by atoms with Crippen molar-refractivity contribution < 1.29 is 17.6 Å². The first kappa shape index (κ1) is 23.8. The second-order valence-corrected chi connectivity index (χ2v) is 11.3. The molecule has 182 valence electrons. The van der Waals surface area contributed by atoms with Crippen LogP contribution in [0.3, 0.4) is 0 Å². The Bertz CT molecular complexity index is 1380. The van der Waals surface area contributed by atoms with Gasteiger partial charge >= 0.3 is 0 Å². The van der Waals surface area contributed by atoms with Gasteiger partial charge in [0.05, 0.1) is 16.5 Å². The van der Waals surface area contributed by atoms with E-state index in [1.807, 2.05) is 4.90 Å². The van der Waals surface area contributed by atoms with Crippen LogP contribution in [0.5, 0.6) is 0 Å². The number of amides is 1. The van der Waals surface area contributed by atoms with Gasteiger partial charge in [0.15, 0.2) is 5.13 Å². The van der Waals surface area contributed by atoms with Gasteiger partial charge in [0.25, 0.3) is 10.0 Å². The zero-order chi connectivity index (χ0) is 24.7. The molecule has 7 nitrogen and oxygen atoms in total. The van der Waals surface area contributed by atoms with Crippen molar-refractivity contribution in [3.8, 4) is 0 Å². The van der Waals surface area contributed by atoms with Gasteiger partial charge in [-0.3, -0.25) is 4.79 Å². The van der Waals surface area contributed by atoms with Crippen molar-refractivity contribution in [1.82, 2.24) is 4.98 Å². The number of halogens is 2. The highest BCUT2D eigenvalue weighted by Gasteiger charge is 2.40. The highest BCUT2D eigenvalue weighted by molar-refractivity contribution is 7.93. The predicted molar refractivity (Wildman–Crippen MR) is 137 cm³/mol. The van der Waals surface area contributed by atoms with Gasteiger partial charge in [-0.1, -0.05) is 17.7 Å². The van der Waals surface area contributed by atoms with E-state index in [2.05, 4.69) is 11.6 Å². The highest BCUT2D eigenvalue weighted by Crippen LogP contribution is 2.38. The Labute approximate surface area is 212 Å². The quantitative estimate of drug-likeness (QED) is 0.419. The molecule has 1 atom stereocenters. The van der Waals surface area contributed by atoms with Gasteiger partial charge in [-0.25, -0.2) is 22.1 Å². The summed E-state index contributed by atoms with van der Waals surface area (Å²) in [6, 6.07) is 8.92. The Kier molecular flexibility index (Phi) is 6.29. The number of benzene rings is 2. The lowest BCUT2D eigenvalue weighted by Crippen LogP contribution is -2.41. The summed E-state index contributed by atoms with van der Waals surface area (Å²) in [6.07, 6.45) is 4.24. The van der Waals surface area contributed by atoms with Crippen LogP contribution in [0.15, 0.2) is 65.5 Å². The topological polar surface area (TPSA) is 73.8 Å². The fourth-order valence-electron chi connectivity index (χ4n) is 4.64. The number of fused-ring (bicyclic) bond motifs is 1. The molecule has 1 amide bonds. The van der Waals surface area contributed by atoms with E-state index in [1.54, 1.807) is 34.7 Å². The summed E-state index contributed by atoms with van der Waals surface area (Å²) in [5.41, 5.74) is 2.15. The molecule has 1 aromatic heterocycles. The van der Waals surface area contributed by atoms with Gasteiger partial charge in [0.1, 0.15) is 11.9 Å². The van der Waals surface area contributed by atoms with Crippen molar-refractivity contribution in [2.24, 2.45) is 0 Å². The summed E-state index contributed by atoms with van der Waals surface area (Å²) in [7, 11) is -3.85. The van der Waals surface area contributed by atoms with Crippen molar-refractivity contribution in [3.63, 3.8) is 0 Å². The molecule has 0 aliphatic carbocycles. The van der Waals surface area contributed by atoms with Gasteiger partial charge in [-0.05, 0) is 54.8 Å². The number of aromatic nitrogens is 1. The standard InChI is InChI=1S/C24H22ClFN4O3S2/c1-2-12-30(24-27-11-15-34-24)35(32,33)17-5-3-16(4-6-17)28-14-10-21(23(28)31)29-13-9-18-20(29)8-7-19(26)22(18)25/h2-8,11,15,21H,1,9-10,12-14H2. The molecule has 0 N–H and O–H groups in total. The number of carbonyl (C=O) groups is 1. The maximum absolute atomic E-state index is 13.8. The van der Waals surface area contributed by atoms with Crippen LogP contribution in [0.25, 0.3) is 0 Å². The third-order valence-electron chi connectivity index (χ3n) is 6.30. The zero-order valence-corrected chi connectivity index (χ0v) is 21.0. The summed E-state index contributed by atoms with van der Waals surface area (Å²) in [4.78, 5) is 21.2. The van der Waals surface area contributed by atoms with Crippen LogP contribution in [0.1, 0.15) is 12.0 Å². The Morgan fingerprint density at radius 1 is 1.23 bits per heavy atom. The van der Waals surface area contributed by atoms with E-state index < -0.39 is 15.8 Å². The van der Waals surface area contributed by atoms with E-state index in [4.69, 9.17) is 11.6 Å². The van der Waals surface area contributed by atoms with Crippen LogP contribution in [0, 0.1) is 5.82 Å². The minimum absolute atomic E-state index is 0.0787. The third-order valence-corrected chi connectivity index (χ3v) is 9.39. The second-order valence-electron chi connectivity index (χ2n) is 8.23. The number of rotatable bonds is 7. The molecule has 0 saturated carbocycles. The molecule has 11 heteroatoms. The summed E-state index contributed by atoms with van der Waals surface area (Å²) < 4.78 is 41.5. The van der Waals surface area contributed by atoms with E-state index in [0.29, 0.717) is 36.8 Å². The first-order valence-corrected chi connectivity index (χ1v) is 13.7. The van der Waals surface area contributed by atoms with Gasteiger partial charge in [-0.15, -0.1) is 17.9 Å². The first-order chi connectivity index (χ1) is 16.8. The SMILES string of the molecule is C=CCN(c1nccs1)S(=O)(=O)c1ccc(N2CCC(N3CCc4c3ccc(F)c4Cl)C2=O)cc1. The number of hydrogen-bond acceptors (Lipinski definition) is 6. The molecule has 1 fully saturated rings. The lowest BCUT2D eigenvalue weighted by molar-refractivity contribution is -0.118. The van der Waals surface area contributed by atoms with Gasteiger partial charge in [0.2, 0.25) is 5.91 Å². The Hall–Kier alpha value is -2.95. The minimum Gasteiger partial charge on any atom is -0.359 e. The average Bonchev–Trinajstić information content (AvgIpc) is 3.60. The average molecular weight is 533 g/mol. The molecule has 0 spiro atoms. The fraction of sp³-hybridized carbons (Fsp3) is 0.250. The second kappa shape index (κ2) is 9.25. The monoisotopic (exact) mass is 532 g/mol. The van der Waals surface area contributed by atoms with E-state index in [0.717, 1.165) is 11.3 Å². The van der Waals surface area contributed by atoms with E-state index in [1.165, 1.54) is 39.9 Å². The number of anilines is 3. The van der Waals surface area contributed by atoms with E-state index in [-0.39, 0.29) is 28.4 Å². The van der Waals surface area contributed by atoms with Crippen molar-refractivity contribution in [3.05, 3.63) is 77.0 Å². The molecular weight excluding hydrogens is 511 g/mol. The largest absolute Gasteiger partial charge is 0.359 e. The smallest absolute Gasteiger partial charge is 0.266 e. The molecule has 5 rings (SSSR count). The van der Waals surface area contributed by atoms with Crippen LogP contribution in [0.4, 0.5) is 20.9 Å². The molecule has 2 aromatic carbocycles. The summed E-state index contributed by atoms with van der Waals surface area (Å²) in [5.74, 6) is -0.534. The molecule has 2 aliphatic heterocycles.